The monoisotopic (exact) mass is 538 g/mol. The fraction of sp³-hybridized carbons (Fsp3) is 0.438. The van der Waals surface area contributed by atoms with E-state index < -0.39 is 0 Å². The van der Waals surface area contributed by atoms with E-state index in [0.29, 0.717) is 16.6 Å². The molecule has 4 aliphatic rings. The van der Waals surface area contributed by atoms with Crippen molar-refractivity contribution in [2.75, 3.05) is 62.2 Å². The summed E-state index contributed by atoms with van der Waals surface area (Å²) in [5.74, 6) is 4.30. The van der Waals surface area contributed by atoms with Gasteiger partial charge in [-0.05, 0) is 69.1 Å². The lowest BCUT2D eigenvalue weighted by atomic mass is 9.86. The Hall–Kier alpha value is -3.80. The van der Waals surface area contributed by atoms with Gasteiger partial charge in [0.15, 0.2) is 0 Å². The van der Waals surface area contributed by atoms with Crippen LogP contribution in [0.5, 0.6) is 17.2 Å². The number of nitrogens with one attached hydrogen (secondary N) is 2. The van der Waals surface area contributed by atoms with Gasteiger partial charge in [0.25, 0.3) is 0 Å². The van der Waals surface area contributed by atoms with E-state index in [1.807, 2.05) is 18.5 Å². The van der Waals surface area contributed by atoms with Crippen LogP contribution in [0.25, 0.3) is 0 Å². The molecule has 2 unspecified atom stereocenters. The minimum atomic E-state index is 0.233. The van der Waals surface area contributed by atoms with Crippen molar-refractivity contribution in [1.29, 1.82) is 0 Å². The van der Waals surface area contributed by atoms with Crippen LogP contribution in [0.2, 0.25) is 0 Å². The minimum Gasteiger partial charge on any atom is -0.508 e. The Morgan fingerprint density at radius 3 is 1.95 bits per heavy atom. The Kier molecular flexibility index (Phi) is 7.50. The second-order valence-corrected chi connectivity index (χ2v) is 11.7. The number of aromatic nitrogens is 2. The molecule has 8 heteroatoms. The van der Waals surface area contributed by atoms with Gasteiger partial charge in [0.1, 0.15) is 17.2 Å². The van der Waals surface area contributed by atoms with Crippen LogP contribution in [0.15, 0.2) is 61.2 Å². The number of ether oxygens (including phenoxy) is 1. The standard InChI is InChI=1S/C18H21N3O2.C14H17N3/c22-15-1-3-16(4-2-15)23-17-9-14(10-20-11-17)21-8-6-18(13-21)5-7-19-12-18;1-2-12-7-13(9-16-8-12)17-6-4-14(11-17)3-5-15-10-14/h1-4,9-11,19,22H,5-8,12-13H2;1,7-9,15H,3-6,10-11H2. The summed E-state index contributed by atoms with van der Waals surface area (Å²) >= 11 is 0. The molecule has 0 aliphatic carbocycles. The number of anilines is 2. The lowest BCUT2D eigenvalue weighted by Gasteiger charge is -2.24. The molecular weight excluding hydrogens is 500 g/mol. The van der Waals surface area contributed by atoms with Gasteiger partial charge >= 0.3 is 0 Å². The highest BCUT2D eigenvalue weighted by Gasteiger charge is 2.41. The molecule has 208 valence electrons. The molecule has 1 aromatic carbocycles. The highest BCUT2D eigenvalue weighted by atomic mass is 16.5. The van der Waals surface area contributed by atoms with E-state index in [2.05, 4.69) is 42.4 Å². The van der Waals surface area contributed by atoms with Crippen molar-refractivity contribution < 1.29 is 9.84 Å². The van der Waals surface area contributed by atoms with Gasteiger partial charge < -0.3 is 30.3 Å². The molecule has 6 heterocycles. The molecule has 8 nitrogen and oxygen atoms in total. The molecular formula is C32H38N6O2. The average Bonchev–Trinajstić information content (AvgIpc) is 3.81. The van der Waals surface area contributed by atoms with Crippen LogP contribution >= 0.6 is 0 Å². The number of phenolic OH excluding ortho intramolecular Hbond substituents is 1. The second kappa shape index (κ2) is 11.4. The smallest absolute Gasteiger partial charge is 0.147 e. The van der Waals surface area contributed by atoms with Gasteiger partial charge in [-0.3, -0.25) is 9.97 Å². The third-order valence-corrected chi connectivity index (χ3v) is 8.93. The van der Waals surface area contributed by atoms with Crippen molar-refractivity contribution in [3.8, 4) is 29.6 Å². The maximum atomic E-state index is 9.33. The van der Waals surface area contributed by atoms with Crippen LogP contribution in [-0.2, 0) is 0 Å². The van der Waals surface area contributed by atoms with Gasteiger partial charge in [0, 0.05) is 67.9 Å². The topological polar surface area (TPSA) is 85.8 Å². The molecule has 4 fully saturated rings. The SMILES string of the molecule is C#Cc1cncc(N2CCC3(CCNC3)C2)c1.Oc1ccc(Oc2cncc(N3CCC4(CCNC4)C3)c2)cc1. The van der Waals surface area contributed by atoms with Gasteiger partial charge in [-0.15, -0.1) is 6.42 Å². The number of hydrogen-bond acceptors (Lipinski definition) is 8. The lowest BCUT2D eigenvalue weighted by Crippen LogP contribution is -2.29. The number of aromatic hydroxyl groups is 1. The second-order valence-electron chi connectivity index (χ2n) is 11.7. The molecule has 4 saturated heterocycles. The predicted molar refractivity (Wildman–Crippen MR) is 158 cm³/mol. The summed E-state index contributed by atoms with van der Waals surface area (Å²) in [7, 11) is 0. The van der Waals surface area contributed by atoms with Crippen molar-refractivity contribution in [3.63, 3.8) is 0 Å². The zero-order valence-corrected chi connectivity index (χ0v) is 23.0. The Bertz CT molecular complexity index is 1340. The van der Waals surface area contributed by atoms with Crippen LogP contribution < -0.4 is 25.2 Å². The number of phenols is 1. The molecule has 2 aromatic heterocycles. The zero-order valence-electron chi connectivity index (χ0n) is 23.0. The molecule has 3 aromatic rings. The summed E-state index contributed by atoms with van der Waals surface area (Å²) in [5.41, 5.74) is 4.09. The van der Waals surface area contributed by atoms with Crippen molar-refractivity contribution in [2.24, 2.45) is 10.8 Å². The molecule has 0 amide bonds. The highest BCUT2D eigenvalue weighted by molar-refractivity contribution is 5.51. The first-order valence-corrected chi connectivity index (χ1v) is 14.3. The van der Waals surface area contributed by atoms with Gasteiger partial charge in [-0.1, -0.05) is 5.92 Å². The lowest BCUT2D eigenvalue weighted by molar-refractivity contribution is 0.369. The van der Waals surface area contributed by atoms with Crippen molar-refractivity contribution in [2.45, 2.75) is 25.7 Å². The molecule has 2 atom stereocenters. The van der Waals surface area contributed by atoms with Crippen LogP contribution in [0, 0.1) is 23.2 Å². The molecule has 7 rings (SSSR count). The van der Waals surface area contributed by atoms with Gasteiger partial charge in [0.05, 0.1) is 30.0 Å². The first-order valence-electron chi connectivity index (χ1n) is 14.3. The van der Waals surface area contributed by atoms with Gasteiger partial charge in [-0.2, -0.15) is 0 Å². The summed E-state index contributed by atoms with van der Waals surface area (Å²) in [6, 6.07) is 10.8. The number of rotatable bonds is 4. The number of hydrogen-bond donors (Lipinski definition) is 3. The summed E-state index contributed by atoms with van der Waals surface area (Å²) < 4.78 is 5.84. The molecule has 0 radical (unpaired) electrons. The molecule has 4 aliphatic heterocycles. The van der Waals surface area contributed by atoms with E-state index in [1.165, 1.54) is 31.4 Å². The fourth-order valence-corrected chi connectivity index (χ4v) is 6.56. The third-order valence-electron chi connectivity index (χ3n) is 8.93. The first kappa shape index (κ1) is 26.4. The number of nitrogens with zero attached hydrogens (tertiary/aromatic N) is 4. The Morgan fingerprint density at radius 2 is 1.38 bits per heavy atom. The average molecular weight is 539 g/mol. The largest absolute Gasteiger partial charge is 0.508 e. The van der Waals surface area contributed by atoms with E-state index in [9.17, 15) is 5.11 Å². The normalized spacial score (nSPS) is 25.3. The van der Waals surface area contributed by atoms with E-state index in [0.717, 1.165) is 69.4 Å². The molecule has 2 spiro atoms. The summed E-state index contributed by atoms with van der Waals surface area (Å²) in [6.07, 6.45) is 17.8. The maximum Gasteiger partial charge on any atom is 0.147 e. The fourth-order valence-electron chi connectivity index (χ4n) is 6.56. The Balaban J connectivity index is 0.000000151. The van der Waals surface area contributed by atoms with Crippen molar-refractivity contribution >= 4 is 11.4 Å². The van der Waals surface area contributed by atoms with E-state index in [-0.39, 0.29) is 5.75 Å². The van der Waals surface area contributed by atoms with Crippen LogP contribution in [-0.4, -0.2) is 67.4 Å². The Morgan fingerprint density at radius 1 is 0.775 bits per heavy atom. The quantitative estimate of drug-likeness (QED) is 0.430. The van der Waals surface area contributed by atoms with E-state index in [1.54, 1.807) is 36.7 Å². The van der Waals surface area contributed by atoms with Gasteiger partial charge in [-0.25, -0.2) is 0 Å². The maximum absolute atomic E-state index is 9.33. The number of benzene rings is 1. The van der Waals surface area contributed by atoms with Crippen molar-refractivity contribution in [1.82, 2.24) is 20.6 Å². The van der Waals surface area contributed by atoms with Crippen LogP contribution in [0.4, 0.5) is 11.4 Å². The molecule has 0 bridgehead atoms. The predicted octanol–water partition coefficient (Wildman–Crippen LogP) is 4.02. The van der Waals surface area contributed by atoms with E-state index >= 15 is 0 Å². The highest BCUT2D eigenvalue weighted by Crippen LogP contribution is 2.39. The van der Waals surface area contributed by atoms with Crippen molar-refractivity contribution in [3.05, 3.63) is 66.7 Å². The molecule has 40 heavy (non-hydrogen) atoms. The van der Waals surface area contributed by atoms with Crippen LogP contribution in [0.1, 0.15) is 31.2 Å². The minimum absolute atomic E-state index is 0.233. The van der Waals surface area contributed by atoms with Gasteiger partial charge in [0.2, 0.25) is 0 Å². The number of terminal acetylenes is 1. The third kappa shape index (κ3) is 5.86. The summed E-state index contributed by atoms with van der Waals surface area (Å²) in [4.78, 5) is 13.4. The number of pyridine rings is 2. The van der Waals surface area contributed by atoms with Crippen LogP contribution in [0.3, 0.4) is 0 Å². The molecule has 0 saturated carbocycles. The summed E-state index contributed by atoms with van der Waals surface area (Å²) in [6.45, 7) is 9.00. The molecule has 3 N–H and O–H groups in total. The van der Waals surface area contributed by atoms with E-state index in [4.69, 9.17) is 11.2 Å². The first-order chi connectivity index (χ1) is 19.5. The summed E-state index contributed by atoms with van der Waals surface area (Å²) in [5, 5.41) is 16.3. The zero-order chi connectivity index (χ0) is 27.4. The Labute approximate surface area is 236 Å².